The molecule has 0 unspecified atom stereocenters. The van der Waals surface area contributed by atoms with E-state index in [1.807, 2.05) is 12.1 Å². The van der Waals surface area contributed by atoms with Crippen LogP contribution in [0.15, 0.2) is 24.3 Å². The van der Waals surface area contributed by atoms with Crippen molar-refractivity contribution >= 4 is 8.41 Å². The van der Waals surface area contributed by atoms with Gasteiger partial charge in [0, 0.05) is 31.4 Å². The zero-order valence-corrected chi connectivity index (χ0v) is 12.6. The Kier molecular flexibility index (Phi) is 2.77. The van der Waals surface area contributed by atoms with Gasteiger partial charge in [0.15, 0.2) is 11.5 Å². The fourth-order valence-electron chi connectivity index (χ4n) is 5.24. The minimum atomic E-state index is -0.594. The molecule has 1 aromatic carbocycles. The summed E-state index contributed by atoms with van der Waals surface area (Å²) in [7, 11) is 2.19. The van der Waals surface area contributed by atoms with Gasteiger partial charge in [0.1, 0.15) is 12.2 Å². The number of likely N-dealkylation sites (N-methyl/N-ethyl adjacent to an activating group) is 1. The number of aliphatic hydroxyl groups excluding tert-OH is 1. The van der Waals surface area contributed by atoms with E-state index in [1.165, 1.54) is 11.1 Å². The second kappa shape index (κ2) is 4.30. The van der Waals surface area contributed by atoms with Gasteiger partial charge < -0.3 is 19.8 Å². The van der Waals surface area contributed by atoms with Gasteiger partial charge >= 0.3 is 0 Å². The average Bonchev–Trinajstić information content (AvgIpc) is 2.83. The lowest BCUT2D eigenvalue weighted by Crippen LogP contribution is -2.64. The molecule has 2 aliphatic heterocycles. The summed E-state index contributed by atoms with van der Waals surface area (Å²) in [5.41, 5.74) is 2.29. The third-order valence-corrected chi connectivity index (χ3v) is 6.15. The molecule has 4 aliphatic rings. The number of phenolic OH excluding ortho intramolecular Hbond substituents is 1. The zero-order chi connectivity index (χ0) is 14.4. The predicted octanol–water partition coefficient (Wildman–Crippen LogP) is 0.817. The van der Waals surface area contributed by atoms with Crippen LogP contribution in [0.25, 0.3) is 0 Å². The molecule has 0 aromatic heterocycles. The predicted molar refractivity (Wildman–Crippen MR) is 83.3 cm³/mol. The highest BCUT2D eigenvalue weighted by molar-refractivity contribution is 5.75. The van der Waals surface area contributed by atoms with Crippen molar-refractivity contribution in [2.24, 2.45) is 5.92 Å². The van der Waals surface area contributed by atoms with Gasteiger partial charge in [-0.2, -0.15) is 0 Å². The molecule has 1 fully saturated rings. The summed E-state index contributed by atoms with van der Waals surface area (Å²) in [6.07, 6.45) is 5.18. The van der Waals surface area contributed by atoms with Gasteiger partial charge in [0.25, 0.3) is 0 Å². The quantitative estimate of drug-likeness (QED) is 0.550. The van der Waals surface area contributed by atoms with E-state index in [0.29, 0.717) is 17.7 Å². The summed E-state index contributed by atoms with van der Waals surface area (Å²) in [5.74, 6) is 1.19. The number of ether oxygens (including phenoxy) is 1. The smallest absolute Gasteiger partial charge is 0.165 e. The van der Waals surface area contributed by atoms with E-state index in [0.717, 1.165) is 19.4 Å². The first-order valence-electron chi connectivity index (χ1n) is 7.71. The van der Waals surface area contributed by atoms with Crippen LogP contribution in [0.4, 0.5) is 0 Å². The summed E-state index contributed by atoms with van der Waals surface area (Å²) in [6.45, 7) is 1.01. The van der Waals surface area contributed by atoms with Crippen molar-refractivity contribution in [3.8, 4) is 11.5 Å². The Labute approximate surface area is 132 Å². The van der Waals surface area contributed by atoms with Crippen LogP contribution in [-0.2, 0) is 11.8 Å². The van der Waals surface area contributed by atoms with E-state index < -0.39 is 6.10 Å². The van der Waals surface area contributed by atoms with E-state index in [2.05, 4.69) is 18.0 Å². The molecule has 5 rings (SSSR count). The molecule has 22 heavy (non-hydrogen) atoms. The summed E-state index contributed by atoms with van der Waals surface area (Å²) in [5, 5.41) is 20.6. The van der Waals surface area contributed by atoms with Crippen molar-refractivity contribution in [1.82, 2.24) is 4.90 Å². The molecule has 0 amide bonds. The van der Waals surface area contributed by atoms with Crippen molar-refractivity contribution in [3.05, 3.63) is 35.4 Å². The fraction of sp³-hybridized carbons (Fsp3) is 0.529. The van der Waals surface area contributed by atoms with Crippen molar-refractivity contribution in [3.63, 3.8) is 0 Å². The van der Waals surface area contributed by atoms with E-state index in [4.69, 9.17) is 4.74 Å². The number of nitrogens with zero attached hydrogens (tertiary/aromatic N) is 1. The Bertz CT molecular complexity index is 676. The first-order chi connectivity index (χ1) is 10.1. The Balaban J connectivity index is 0.00000125. The fourth-order valence-corrected chi connectivity index (χ4v) is 5.24. The molecule has 3 radical (unpaired) electrons. The molecule has 2 heterocycles. The number of benzene rings is 1. The number of aliphatic hydroxyl groups is 1. The van der Waals surface area contributed by atoms with Gasteiger partial charge in [-0.05, 0) is 38.1 Å². The van der Waals surface area contributed by atoms with Crippen LogP contribution in [0.2, 0.25) is 0 Å². The average molecular weight is 296 g/mol. The molecule has 1 saturated heterocycles. The lowest BCUT2D eigenvalue weighted by atomic mass is 9.53. The molecule has 2 bridgehead atoms. The standard InChI is InChI=1S/C17H19NO3.B/c1-18-7-6-17-10-3-5-13(20)16(17)21-15-12(19)4-2-9(14(15)17)8-11(10)18;/h2-5,10-11,13,16,19-20H,6-8H2,1H3;/t10-,11+,13-,16-,17-;/m0./s1. The Hall–Kier alpha value is -1.46. The molecule has 5 heteroatoms. The molecule has 2 N–H and O–H groups in total. The van der Waals surface area contributed by atoms with Crippen LogP contribution in [0.1, 0.15) is 17.5 Å². The van der Waals surface area contributed by atoms with Crippen LogP contribution in [0.3, 0.4) is 0 Å². The lowest BCUT2D eigenvalue weighted by molar-refractivity contribution is -0.0453. The molecule has 1 aromatic rings. The number of rotatable bonds is 0. The van der Waals surface area contributed by atoms with Crippen LogP contribution >= 0.6 is 0 Å². The maximum atomic E-state index is 10.4. The third kappa shape index (κ3) is 1.37. The Morgan fingerprint density at radius 2 is 2.14 bits per heavy atom. The largest absolute Gasteiger partial charge is 0.504 e. The van der Waals surface area contributed by atoms with Gasteiger partial charge in [-0.1, -0.05) is 18.2 Å². The maximum absolute atomic E-state index is 10.4. The number of likely N-dealkylation sites (tertiary alicyclic amines) is 1. The van der Waals surface area contributed by atoms with E-state index >= 15 is 0 Å². The lowest BCUT2D eigenvalue weighted by Gasteiger charge is -2.56. The summed E-state index contributed by atoms with van der Waals surface area (Å²) < 4.78 is 6.09. The van der Waals surface area contributed by atoms with Crippen molar-refractivity contribution in [2.45, 2.75) is 36.5 Å². The first-order valence-corrected chi connectivity index (χ1v) is 7.71. The van der Waals surface area contributed by atoms with E-state index in [-0.39, 0.29) is 25.7 Å². The highest BCUT2D eigenvalue weighted by Crippen LogP contribution is 2.62. The third-order valence-electron chi connectivity index (χ3n) is 6.15. The summed E-state index contributed by atoms with van der Waals surface area (Å²) >= 11 is 0. The molecular formula is C17H19BNO3. The first kappa shape index (κ1) is 14.2. The van der Waals surface area contributed by atoms with Gasteiger partial charge in [-0.3, -0.25) is 0 Å². The monoisotopic (exact) mass is 296 g/mol. The topological polar surface area (TPSA) is 52.9 Å². The van der Waals surface area contributed by atoms with Crippen LogP contribution in [-0.4, -0.2) is 55.4 Å². The summed E-state index contributed by atoms with van der Waals surface area (Å²) in [4.78, 5) is 2.43. The molecular weight excluding hydrogens is 277 g/mol. The normalized spacial score (nSPS) is 40.6. The second-order valence-corrected chi connectivity index (χ2v) is 6.93. The molecule has 5 atom stereocenters. The van der Waals surface area contributed by atoms with Crippen molar-refractivity contribution in [1.29, 1.82) is 0 Å². The minimum Gasteiger partial charge on any atom is -0.504 e. The molecule has 0 saturated carbocycles. The van der Waals surface area contributed by atoms with E-state index in [1.54, 1.807) is 6.07 Å². The molecule has 1 spiro atoms. The van der Waals surface area contributed by atoms with Gasteiger partial charge in [0.05, 0.1) is 0 Å². The van der Waals surface area contributed by atoms with Crippen molar-refractivity contribution in [2.75, 3.05) is 13.6 Å². The minimum absolute atomic E-state index is 0. The Morgan fingerprint density at radius 3 is 2.95 bits per heavy atom. The van der Waals surface area contributed by atoms with Crippen LogP contribution in [0.5, 0.6) is 11.5 Å². The number of hydrogen-bond donors (Lipinski definition) is 2. The number of phenols is 1. The Morgan fingerprint density at radius 1 is 1.32 bits per heavy atom. The van der Waals surface area contributed by atoms with Crippen molar-refractivity contribution < 1.29 is 14.9 Å². The number of hydrogen-bond acceptors (Lipinski definition) is 4. The van der Waals surface area contributed by atoms with Crippen LogP contribution < -0.4 is 4.74 Å². The van der Waals surface area contributed by atoms with Gasteiger partial charge in [-0.15, -0.1) is 0 Å². The SMILES string of the molecule is CN1CC[C@]23c4c5ccc(O)c4O[C@H]2[C@@H](O)C=C[C@H]3[C@H]1C5.[B]. The highest BCUT2D eigenvalue weighted by Gasteiger charge is 2.64. The van der Waals surface area contributed by atoms with Gasteiger partial charge in [-0.25, -0.2) is 0 Å². The van der Waals surface area contributed by atoms with Crippen LogP contribution in [0, 0.1) is 5.92 Å². The number of aromatic hydroxyl groups is 1. The second-order valence-electron chi connectivity index (χ2n) is 6.93. The highest BCUT2D eigenvalue weighted by atomic mass is 16.5. The zero-order valence-electron chi connectivity index (χ0n) is 12.6. The summed E-state index contributed by atoms with van der Waals surface area (Å²) in [6, 6.07) is 4.23. The van der Waals surface area contributed by atoms with E-state index in [9.17, 15) is 10.2 Å². The number of piperidine rings is 1. The maximum Gasteiger partial charge on any atom is 0.165 e. The molecule has 4 nitrogen and oxygen atoms in total. The molecule has 2 aliphatic carbocycles. The molecule has 113 valence electrons. The van der Waals surface area contributed by atoms with Gasteiger partial charge in [0.2, 0.25) is 0 Å².